The maximum atomic E-state index is 12.0. The van der Waals surface area contributed by atoms with Gasteiger partial charge in [0.2, 0.25) is 0 Å². The fourth-order valence-electron chi connectivity index (χ4n) is 1.76. The number of anilines is 1. The molecule has 2 rings (SSSR count). The molecule has 0 saturated heterocycles. The summed E-state index contributed by atoms with van der Waals surface area (Å²) < 4.78 is 1.77. The Bertz CT molecular complexity index is 536. The van der Waals surface area contributed by atoms with E-state index in [4.69, 9.17) is 0 Å². The number of carbonyl (C=O) groups is 1. The average Bonchev–Trinajstić information content (AvgIpc) is 2.92. The lowest BCUT2D eigenvalue weighted by atomic mass is 10.3. The summed E-state index contributed by atoms with van der Waals surface area (Å²) in [4.78, 5) is 12.0. The summed E-state index contributed by atoms with van der Waals surface area (Å²) in [5.41, 5.74) is 0.305. The lowest BCUT2D eigenvalue weighted by molar-refractivity contribution is 0.0930. The minimum Gasteiger partial charge on any atom is -0.369 e. The third-order valence-electron chi connectivity index (χ3n) is 2.65. The van der Waals surface area contributed by atoms with Crippen LogP contribution < -0.4 is 10.6 Å². The monoisotopic (exact) mass is 274 g/mol. The Morgan fingerprint density at radius 3 is 2.85 bits per heavy atom. The number of rotatable bonds is 6. The van der Waals surface area contributed by atoms with Crippen molar-refractivity contribution in [3.05, 3.63) is 36.3 Å². The van der Waals surface area contributed by atoms with Crippen LogP contribution in [0.5, 0.6) is 0 Å². The molecule has 1 unspecified atom stereocenters. The predicted molar refractivity (Wildman–Crippen MR) is 75.4 cm³/mol. The van der Waals surface area contributed by atoms with Crippen molar-refractivity contribution in [3.8, 4) is 0 Å². The Morgan fingerprint density at radius 1 is 1.40 bits per heavy atom. The van der Waals surface area contributed by atoms with E-state index in [1.165, 1.54) is 0 Å². The predicted octanol–water partition coefficient (Wildman–Crippen LogP) is 0.923. The number of amides is 1. The van der Waals surface area contributed by atoms with E-state index in [9.17, 15) is 4.79 Å². The van der Waals surface area contributed by atoms with Crippen molar-refractivity contribution in [2.24, 2.45) is 0 Å². The van der Waals surface area contributed by atoms with Crippen LogP contribution in [0.3, 0.4) is 0 Å². The zero-order valence-corrected chi connectivity index (χ0v) is 11.6. The third-order valence-corrected chi connectivity index (χ3v) is 2.65. The Balaban J connectivity index is 1.90. The van der Waals surface area contributed by atoms with Gasteiger partial charge in [-0.05, 0) is 32.0 Å². The number of hydrogen-bond donors (Lipinski definition) is 2. The molecule has 20 heavy (non-hydrogen) atoms. The number of nitrogens with one attached hydrogen (secondary N) is 2. The first-order chi connectivity index (χ1) is 9.69. The van der Waals surface area contributed by atoms with Crippen molar-refractivity contribution in [1.29, 1.82) is 0 Å². The van der Waals surface area contributed by atoms with Crippen molar-refractivity contribution < 1.29 is 4.79 Å². The molecule has 0 aliphatic carbocycles. The van der Waals surface area contributed by atoms with Gasteiger partial charge in [-0.2, -0.15) is 5.10 Å². The van der Waals surface area contributed by atoms with Crippen LogP contribution >= 0.6 is 0 Å². The zero-order valence-electron chi connectivity index (χ0n) is 11.6. The SMILES string of the molecule is CCNc1ccc(C(=O)NC(C)Cn2cccn2)nn1. The second kappa shape index (κ2) is 6.65. The minimum atomic E-state index is -0.236. The van der Waals surface area contributed by atoms with Gasteiger partial charge in [0.05, 0.1) is 6.54 Å². The molecule has 1 amide bonds. The van der Waals surface area contributed by atoms with Crippen LogP contribution in [-0.2, 0) is 6.54 Å². The maximum absolute atomic E-state index is 12.0. The van der Waals surface area contributed by atoms with Gasteiger partial charge in [-0.25, -0.2) is 0 Å². The first kappa shape index (κ1) is 14.0. The van der Waals surface area contributed by atoms with Crippen molar-refractivity contribution in [2.75, 3.05) is 11.9 Å². The number of hydrogen-bond acceptors (Lipinski definition) is 5. The lowest BCUT2D eigenvalue weighted by Gasteiger charge is -2.13. The van der Waals surface area contributed by atoms with E-state index < -0.39 is 0 Å². The lowest BCUT2D eigenvalue weighted by Crippen LogP contribution is -2.36. The molecule has 2 heterocycles. The molecular formula is C13H18N6O. The van der Waals surface area contributed by atoms with E-state index in [2.05, 4.69) is 25.9 Å². The zero-order chi connectivity index (χ0) is 14.4. The van der Waals surface area contributed by atoms with E-state index in [0.717, 1.165) is 6.54 Å². The summed E-state index contributed by atoms with van der Waals surface area (Å²) in [7, 11) is 0. The van der Waals surface area contributed by atoms with Crippen LogP contribution in [0.2, 0.25) is 0 Å². The van der Waals surface area contributed by atoms with Gasteiger partial charge in [-0.1, -0.05) is 0 Å². The number of carbonyl (C=O) groups excluding carboxylic acids is 1. The second-order valence-corrected chi connectivity index (χ2v) is 4.44. The first-order valence-electron chi connectivity index (χ1n) is 6.55. The van der Waals surface area contributed by atoms with Gasteiger partial charge in [0.15, 0.2) is 5.69 Å². The van der Waals surface area contributed by atoms with Crippen LogP contribution in [-0.4, -0.2) is 38.5 Å². The molecule has 0 aliphatic heterocycles. The normalized spacial score (nSPS) is 11.9. The van der Waals surface area contributed by atoms with Gasteiger partial charge in [0.25, 0.3) is 5.91 Å². The molecular weight excluding hydrogens is 256 g/mol. The van der Waals surface area contributed by atoms with Gasteiger partial charge >= 0.3 is 0 Å². The van der Waals surface area contributed by atoms with Gasteiger partial charge < -0.3 is 10.6 Å². The highest BCUT2D eigenvalue weighted by Crippen LogP contribution is 2.02. The summed E-state index contributed by atoms with van der Waals surface area (Å²) in [5.74, 6) is 0.425. The van der Waals surface area contributed by atoms with E-state index in [1.54, 1.807) is 23.0 Å². The van der Waals surface area contributed by atoms with Gasteiger partial charge in [0.1, 0.15) is 5.82 Å². The van der Waals surface area contributed by atoms with Crippen molar-refractivity contribution in [2.45, 2.75) is 26.4 Å². The highest BCUT2D eigenvalue weighted by atomic mass is 16.2. The largest absolute Gasteiger partial charge is 0.369 e. The molecule has 7 heteroatoms. The Labute approximate surface area is 117 Å². The molecule has 106 valence electrons. The smallest absolute Gasteiger partial charge is 0.272 e. The highest BCUT2D eigenvalue weighted by Gasteiger charge is 2.12. The van der Waals surface area contributed by atoms with Crippen LogP contribution in [0.15, 0.2) is 30.6 Å². The minimum absolute atomic E-state index is 0.0438. The molecule has 0 fully saturated rings. The third kappa shape index (κ3) is 3.78. The quantitative estimate of drug-likeness (QED) is 0.818. The van der Waals surface area contributed by atoms with Crippen LogP contribution in [0.4, 0.5) is 5.82 Å². The molecule has 0 bridgehead atoms. The van der Waals surface area contributed by atoms with Crippen molar-refractivity contribution >= 4 is 11.7 Å². The van der Waals surface area contributed by atoms with Crippen LogP contribution in [0.25, 0.3) is 0 Å². The molecule has 0 radical (unpaired) electrons. The standard InChI is InChI=1S/C13H18N6O/c1-3-14-12-6-5-11(17-18-12)13(20)16-10(2)9-19-8-4-7-15-19/h4-8,10H,3,9H2,1-2H3,(H,14,18)(H,16,20). The Morgan fingerprint density at radius 2 is 2.25 bits per heavy atom. The summed E-state index contributed by atoms with van der Waals surface area (Å²) in [6, 6.07) is 5.20. The van der Waals surface area contributed by atoms with Crippen molar-refractivity contribution in [3.63, 3.8) is 0 Å². The summed E-state index contributed by atoms with van der Waals surface area (Å²) in [6.07, 6.45) is 3.56. The fourth-order valence-corrected chi connectivity index (χ4v) is 1.76. The molecule has 0 aromatic carbocycles. The van der Waals surface area contributed by atoms with E-state index >= 15 is 0 Å². The molecule has 2 N–H and O–H groups in total. The Hall–Kier alpha value is -2.44. The molecule has 7 nitrogen and oxygen atoms in total. The Kier molecular flexibility index (Phi) is 4.65. The molecule has 2 aromatic heterocycles. The van der Waals surface area contributed by atoms with Gasteiger partial charge in [-0.15, -0.1) is 10.2 Å². The van der Waals surface area contributed by atoms with E-state index in [-0.39, 0.29) is 11.9 Å². The summed E-state index contributed by atoms with van der Waals surface area (Å²) in [5, 5.41) is 17.8. The maximum Gasteiger partial charge on any atom is 0.272 e. The molecule has 0 spiro atoms. The molecule has 0 aliphatic rings. The topological polar surface area (TPSA) is 84.7 Å². The summed E-state index contributed by atoms with van der Waals surface area (Å²) >= 11 is 0. The molecule has 1 atom stereocenters. The van der Waals surface area contributed by atoms with Gasteiger partial charge in [0, 0.05) is 25.0 Å². The average molecular weight is 274 g/mol. The number of aromatic nitrogens is 4. The first-order valence-corrected chi connectivity index (χ1v) is 6.55. The van der Waals surface area contributed by atoms with Crippen molar-refractivity contribution in [1.82, 2.24) is 25.3 Å². The summed E-state index contributed by atoms with van der Waals surface area (Å²) in [6.45, 7) is 5.27. The molecule has 0 saturated carbocycles. The van der Waals surface area contributed by atoms with Crippen LogP contribution in [0.1, 0.15) is 24.3 Å². The fraction of sp³-hybridized carbons (Fsp3) is 0.385. The number of nitrogens with zero attached hydrogens (tertiary/aromatic N) is 4. The highest BCUT2D eigenvalue weighted by molar-refractivity contribution is 5.92. The van der Waals surface area contributed by atoms with E-state index in [0.29, 0.717) is 18.1 Å². The van der Waals surface area contributed by atoms with Gasteiger partial charge in [-0.3, -0.25) is 9.48 Å². The molecule has 2 aromatic rings. The van der Waals surface area contributed by atoms with E-state index in [1.807, 2.05) is 26.1 Å². The van der Waals surface area contributed by atoms with Crippen LogP contribution in [0, 0.1) is 0 Å². The second-order valence-electron chi connectivity index (χ2n) is 4.44.